The van der Waals surface area contributed by atoms with Crippen molar-refractivity contribution in [1.29, 1.82) is 0 Å². The molecular weight excluding hydrogens is 276 g/mol. The summed E-state index contributed by atoms with van der Waals surface area (Å²) in [5.41, 5.74) is 0.968. The molecule has 0 saturated carbocycles. The lowest BCUT2D eigenvalue weighted by atomic mass is 10.2. The van der Waals surface area contributed by atoms with Crippen molar-refractivity contribution in [2.24, 2.45) is 7.05 Å². The molecule has 6 heteroatoms. The zero-order chi connectivity index (χ0) is 14.5. The Kier molecular flexibility index (Phi) is 4.98. The van der Waals surface area contributed by atoms with Gasteiger partial charge in [0.1, 0.15) is 18.2 Å². The molecule has 1 aromatic carbocycles. The molecule has 0 unspecified atom stereocenters. The molecule has 0 radical (unpaired) electrons. The molecule has 108 valence electrons. The monoisotopic (exact) mass is 294 g/mol. The van der Waals surface area contributed by atoms with E-state index in [0.29, 0.717) is 18.2 Å². The van der Waals surface area contributed by atoms with Crippen molar-refractivity contribution in [1.82, 2.24) is 20.1 Å². The minimum absolute atomic E-state index is 0.372. The summed E-state index contributed by atoms with van der Waals surface area (Å²) >= 11 is 6.23. The Morgan fingerprint density at radius 3 is 2.80 bits per heavy atom. The highest BCUT2D eigenvalue weighted by atomic mass is 35.5. The third kappa shape index (κ3) is 3.29. The average molecular weight is 295 g/mol. The second-order valence-electron chi connectivity index (χ2n) is 4.51. The number of hydrogen-bond donors (Lipinski definition) is 1. The van der Waals surface area contributed by atoms with Gasteiger partial charge in [0.15, 0.2) is 5.82 Å². The summed E-state index contributed by atoms with van der Waals surface area (Å²) in [6.07, 6.45) is 0. The van der Waals surface area contributed by atoms with Gasteiger partial charge in [0.25, 0.3) is 0 Å². The first-order valence-electron chi connectivity index (χ1n) is 6.59. The fourth-order valence-electron chi connectivity index (χ4n) is 1.81. The van der Waals surface area contributed by atoms with Gasteiger partial charge < -0.3 is 14.6 Å². The van der Waals surface area contributed by atoms with Crippen LogP contribution in [0.4, 0.5) is 0 Å². The normalized spacial score (nSPS) is 10.8. The summed E-state index contributed by atoms with van der Waals surface area (Å²) in [4.78, 5) is 0. The Hall–Kier alpha value is -1.59. The first-order chi connectivity index (χ1) is 9.63. The van der Waals surface area contributed by atoms with Crippen LogP contribution in [0.2, 0.25) is 5.02 Å². The van der Waals surface area contributed by atoms with Gasteiger partial charge in [-0.1, -0.05) is 24.6 Å². The van der Waals surface area contributed by atoms with E-state index in [-0.39, 0.29) is 0 Å². The smallest absolute Gasteiger partial charge is 0.170 e. The van der Waals surface area contributed by atoms with Crippen LogP contribution >= 0.6 is 11.6 Å². The minimum atomic E-state index is 0.372. The molecule has 0 fully saturated rings. The van der Waals surface area contributed by atoms with Gasteiger partial charge in [-0.2, -0.15) is 0 Å². The Morgan fingerprint density at radius 1 is 1.35 bits per heavy atom. The predicted octanol–water partition coefficient (Wildman–Crippen LogP) is 2.47. The number of halogens is 1. The molecule has 1 N–H and O–H groups in total. The van der Waals surface area contributed by atoms with E-state index >= 15 is 0 Å². The van der Waals surface area contributed by atoms with Crippen LogP contribution < -0.4 is 10.1 Å². The van der Waals surface area contributed by atoms with Crippen molar-refractivity contribution in [3.63, 3.8) is 0 Å². The van der Waals surface area contributed by atoms with E-state index in [0.717, 1.165) is 29.5 Å². The van der Waals surface area contributed by atoms with E-state index in [4.69, 9.17) is 16.3 Å². The summed E-state index contributed by atoms with van der Waals surface area (Å²) in [5.74, 6) is 2.43. The largest absolute Gasteiger partial charge is 0.485 e. The second-order valence-corrected chi connectivity index (χ2v) is 4.92. The van der Waals surface area contributed by atoms with Crippen molar-refractivity contribution in [2.45, 2.75) is 27.0 Å². The van der Waals surface area contributed by atoms with Gasteiger partial charge in [0.2, 0.25) is 0 Å². The lowest BCUT2D eigenvalue weighted by molar-refractivity contribution is 0.287. The van der Waals surface area contributed by atoms with Crippen molar-refractivity contribution in [3.8, 4) is 5.75 Å². The third-order valence-corrected chi connectivity index (χ3v) is 3.52. The Labute approximate surface area is 123 Å². The number of nitrogens with zero attached hydrogens (tertiary/aromatic N) is 3. The maximum Gasteiger partial charge on any atom is 0.170 e. The predicted molar refractivity (Wildman–Crippen MR) is 78.9 cm³/mol. The molecule has 0 atom stereocenters. The molecule has 0 amide bonds. The Bertz CT molecular complexity index is 583. The maximum atomic E-state index is 6.23. The van der Waals surface area contributed by atoms with Crippen LogP contribution in [-0.2, 0) is 20.2 Å². The fraction of sp³-hybridized carbons (Fsp3) is 0.429. The molecule has 2 rings (SSSR count). The van der Waals surface area contributed by atoms with Gasteiger partial charge in [0.05, 0.1) is 0 Å². The first-order valence-corrected chi connectivity index (χ1v) is 6.97. The van der Waals surface area contributed by atoms with E-state index in [1.54, 1.807) is 0 Å². The lowest BCUT2D eigenvalue weighted by Gasteiger charge is -2.13. The summed E-state index contributed by atoms with van der Waals surface area (Å²) in [6.45, 7) is 5.90. The van der Waals surface area contributed by atoms with Crippen LogP contribution in [0.5, 0.6) is 5.75 Å². The van der Waals surface area contributed by atoms with Crippen molar-refractivity contribution >= 4 is 11.6 Å². The van der Waals surface area contributed by atoms with Gasteiger partial charge >= 0.3 is 0 Å². The highest BCUT2D eigenvalue weighted by molar-refractivity contribution is 6.31. The molecule has 0 spiro atoms. The number of ether oxygens (including phenoxy) is 1. The Balaban J connectivity index is 2.12. The SMILES string of the molecule is CCNCc1c(Cl)cccc1OCc1nnc(C)n1C. The standard InChI is InChI=1S/C14H19ClN4O/c1-4-16-8-11-12(15)6-5-7-13(11)20-9-14-18-17-10(2)19(14)3/h5-7,16H,4,8-9H2,1-3H3. The lowest BCUT2D eigenvalue weighted by Crippen LogP contribution is -2.14. The minimum Gasteiger partial charge on any atom is -0.485 e. The van der Waals surface area contributed by atoms with Crippen LogP contribution in [0.15, 0.2) is 18.2 Å². The van der Waals surface area contributed by atoms with Gasteiger partial charge in [-0.25, -0.2) is 0 Å². The van der Waals surface area contributed by atoms with Gasteiger partial charge in [-0.3, -0.25) is 0 Å². The summed E-state index contributed by atoms with van der Waals surface area (Å²) in [6, 6.07) is 5.67. The molecule has 2 aromatic rings. The molecule has 5 nitrogen and oxygen atoms in total. The highest BCUT2D eigenvalue weighted by Gasteiger charge is 2.10. The van der Waals surface area contributed by atoms with E-state index < -0.39 is 0 Å². The molecular formula is C14H19ClN4O. The number of aromatic nitrogens is 3. The van der Waals surface area contributed by atoms with Crippen molar-refractivity contribution in [3.05, 3.63) is 40.4 Å². The molecule has 20 heavy (non-hydrogen) atoms. The van der Waals surface area contributed by atoms with Crippen LogP contribution in [0.25, 0.3) is 0 Å². The summed E-state index contributed by atoms with van der Waals surface area (Å²) in [7, 11) is 1.92. The molecule has 1 heterocycles. The molecule has 1 aromatic heterocycles. The van der Waals surface area contributed by atoms with Gasteiger partial charge in [0, 0.05) is 24.2 Å². The molecule has 0 bridgehead atoms. The molecule has 0 aliphatic carbocycles. The van der Waals surface area contributed by atoms with Crippen LogP contribution in [0.3, 0.4) is 0 Å². The van der Waals surface area contributed by atoms with Crippen LogP contribution in [0, 0.1) is 6.92 Å². The number of nitrogens with one attached hydrogen (secondary N) is 1. The van der Waals surface area contributed by atoms with Crippen molar-refractivity contribution < 1.29 is 4.74 Å². The molecule has 0 saturated heterocycles. The van der Waals surface area contributed by atoms with E-state index in [2.05, 4.69) is 22.4 Å². The Morgan fingerprint density at radius 2 is 2.15 bits per heavy atom. The first kappa shape index (κ1) is 14.8. The fourth-order valence-corrected chi connectivity index (χ4v) is 2.05. The number of hydrogen-bond acceptors (Lipinski definition) is 4. The quantitative estimate of drug-likeness (QED) is 0.889. The van der Waals surface area contributed by atoms with E-state index in [1.807, 2.05) is 36.7 Å². The third-order valence-electron chi connectivity index (χ3n) is 3.17. The van der Waals surface area contributed by atoms with Gasteiger partial charge in [-0.05, 0) is 25.6 Å². The molecule has 0 aliphatic rings. The summed E-state index contributed by atoms with van der Waals surface area (Å²) in [5, 5.41) is 12.1. The number of rotatable bonds is 6. The van der Waals surface area contributed by atoms with Crippen LogP contribution in [-0.4, -0.2) is 21.3 Å². The second kappa shape index (κ2) is 6.72. The van der Waals surface area contributed by atoms with E-state index in [1.165, 1.54) is 0 Å². The van der Waals surface area contributed by atoms with Crippen LogP contribution in [0.1, 0.15) is 24.1 Å². The zero-order valence-electron chi connectivity index (χ0n) is 12.0. The topological polar surface area (TPSA) is 52.0 Å². The summed E-state index contributed by atoms with van der Waals surface area (Å²) < 4.78 is 7.76. The number of benzene rings is 1. The average Bonchev–Trinajstić information content (AvgIpc) is 2.75. The zero-order valence-corrected chi connectivity index (χ0v) is 12.7. The maximum absolute atomic E-state index is 6.23. The highest BCUT2D eigenvalue weighted by Crippen LogP contribution is 2.26. The van der Waals surface area contributed by atoms with Gasteiger partial charge in [-0.15, -0.1) is 10.2 Å². The molecule has 0 aliphatic heterocycles. The van der Waals surface area contributed by atoms with Crippen molar-refractivity contribution in [2.75, 3.05) is 6.54 Å². The number of aryl methyl sites for hydroxylation is 1. The van der Waals surface area contributed by atoms with E-state index in [9.17, 15) is 0 Å².